The summed E-state index contributed by atoms with van der Waals surface area (Å²) < 4.78 is 79.6. The Labute approximate surface area is 214 Å². The second-order valence-electron chi connectivity index (χ2n) is 8.35. The fourth-order valence-electron chi connectivity index (χ4n) is 1.31. The van der Waals surface area contributed by atoms with E-state index in [4.69, 9.17) is 15.2 Å². The molecule has 0 aliphatic heterocycles. The first-order valence-corrected chi connectivity index (χ1v) is 15.9. The van der Waals surface area contributed by atoms with E-state index >= 15 is 0 Å². The predicted molar refractivity (Wildman–Crippen MR) is 134 cm³/mol. The first-order chi connectivity index (χ1) is 15.4. The highest BCUT2D eigenvalue weighted by Gasteiger charge is 2.04. The van der Waals surface area contributed by atoms with Gasteiger partial charge in [-0.1, -0.05) is 0 Å². The molecule has 214 valence electrons. The molecule has 0 fully saturated rings. The molecular formula is C17H42ClN4O10S3+. The van der Waals surface area contributed by atoms with Crippen LogP contribution in [0.15, 0.2) is 0 Å². The summed E-state index contributed by atoms with van der Waals surface area (Å²) in [6.07, 6.45) is 0.954. The highest BCUT2D eigenvalue weighted by atomic mass is 35.7. The Hall–Kier alpha value is -1.08. The van der Waals surface area contributed by atoms with Gasteiger partial charge in [-0.15, -0.1) is 0 Å². The van der Waals surface area contributed by atoms with Gasteiger partial charge in [0.15, 0.2) is 0 Å². The van der Waals surface area contributed by atoms with E-state index in [1.54, 1.807) is 0 Å². The van der Waals surface area contributed by atoms with Crippen LogP contribution in [0.25, 0.3) is 0 Å². The quantitative estimate of drug-likeness (QED) is 0.0887. The molecule has 18 heteroatoms. The standard InChI is InChI=1S/C5H10ClNO3S.C5H11NO4S.C4H12N.C3H9NO3S/c1-5(8)7-3-2-4-11(6,9)10;1-5(7)6-3-2-4-11(8,9)10;1-5(2,3)4;4-2-1-3-8(5,6)7/h2-4H2,1H3,(H,7,8);2-4H2,1H3,(H,6,7)(H,8,9,10);1-4H3;1-4H2,(H,5,6,7)/q;;+1;. The lowest BCUT2D eigenvalue weighted by atomic mass is 10.5. The SMILES string of the molecule is CC(=O)NCCCS(=O)(=O)Cl.CC(=O)NCCCS(=O)(=O)O.C[N+](C)(C)C.[NH3+]CCCS(=O)(=O)[O-]. The largest absolute Gasteiger partial charge is 0.748 e. The summed E-state index contributed by atoms with van der Waals surface area (Å²) in [7, 11) is 2.16. The Kier molecular flexibility index (Phi) is 24.7. The molecule has 0 aromatic carbocycles. The first kappa shape index (κ1) is 41.1. The molecule has 0 spiro atoms. The number of carbonyl (C=O) groups is 2. The lowest BCUT2D eigenvalue weighted by molar-refractivity contribution is -0.849. The summed E-state index contributed by atoms with van der Waals surface area (Å²) in [5.41, 5.74) is 3.39. The van der Waals surface area contributed by atoms with Crippen molar-refractivity contribution in [2.24, 2.45) is 0 Å². The maximum atomic E-state index is 10.3. The molecule has 0 saturated heterocycles. The van der Waals surface area contributed by atoms with Crippen LogP contribution in [0.1, 0.15) is 33.1 Å². The number of quaternary nitrogens is 2. The number of hydrogen-bond donors (Lipinski definition) is 4. The molecule has 0 radical (unpaired) electrons. The Bertz CT molecular complexity index is 832. The van der Waals surface area contributed by atoms with Crippen molar-refractivity contribution in [1.29, 1.82) is 0 Å². The van der Waals surface area contributed by atoms with Crippen molar-refractivity contribution in [3.05, 3.63) is 0 Å². The van der Waals surface area contributed by atoms with Crippen molar-refractivity contribution in [3.8, 4) is 0 Å². The van der Waals surface area contributed by atoms with Gasteiger partial charge < -0.3 is 25.4 Å². The molecule has 14 nitrogen and oxygen atoms in total. The van der Waals surface area contributed by atoms with E-state index in [9.17, 15) is 39.4 Å². The van der Waals surface area contributed by atoms with Crippen LogP contribution >= 0.6 is 10.7 Å². The van der Waals surface area contributed by atoms with Gasteiger partial charge >= 0.3 is 0 Å². The van der Waals surface area contributed by atoms with E-state index in [-0.39, 0.29) is 42.0 Å². The topological polar surface area (TPSA) is 232 Å². The van der Waals surface area contributed by atoms with Crippen molar-refractivity contribution in [2.75, 3.05) is 65.1 Å². The Morgan fingerprint density at radius 2 is 1.17 bits per heavy atom. The molecule has 0 saturated carbocycles. The molecule has 0 aromatic rings. The number of carbonyl (C=O) groups excluding carboxylic acids is 2. The summed E-state index contributed by atoms with van der Waals surface area (Å²) in [6.45, 7) is 3.83. The highest BCUT2D eigenvalue weighted by Crippen LogP contribution is 1.97. The van der Waals surface area contributed by atoms with Gasteiger partial charge in [0.1, 0.15) is 0 Å². The van der Waals surface area contributed by atoms with E-state index in [2.05, 4.69) is 44.6 Å². The van der Waals surface area contributed by atoms with Gasteiger partial charge in [0.05, 0.1) is 56.4 Å². The molecule has 6 N–H and O–H groups in total. The van der Waals surface area contributed by atoms with E-state index in [1.165, 1.54) is 13.8 Å². The monoisotopic (exact) mass is 593 g/mol. The zero-order valence-electron chi connectivity index (χ0n) is 21.2. The van der Waals surface area contributed by atoms with Crippen molar-refractivity contribution in [2.45, 2.75) is 33.1 Å². The summed E-state index contributed by atoms with van der Waals surface area (Å²) in [4.78, 5) is 20.5. The first-order valence-electron chi connectivity index (χ1n) is 10.3. The molecule has 0 atom stereocenters. The van der Waals surface area contributed by atoms with Crippen molar-refractivity contribution >= 4 is 51.8 Å². The Morgan fingerprint density at radius 1 is 0.829 bits per heavy atom. The summed E-state index contributed by atoms with van der Waals surface area (Å²) >= 11 is 0. The smallest absolute Gasteiger partial charge is 0.264 e. The Balaban J connectivity index is -0.000000190. The second-order valence-corrected chi connectivity index (χ2v) is 14.3. The molecule has 0 aliphatic rings. The third-order valence-corrected chi connectivity index (χ3v) is 5.37. The predicted octanol–water partition coefficient (Wildman–Crippen LogP) is -2.03. The zero-order valence-corrected chi connectivity index (χ0v) is 24.4. The van der Waals surface area contributed by atoms with Crippen LogP contribution in [0, 0.1) is 0 Å². The van der Waals surface area contributed by atoms with Gasteiger partial charge in [-0.25, -0.2) is 16.8 Å². The van der Waals surface area contributed by atoms with Crippen LogP contribution in [0.4, 0.5) is 0 Å². The van der Waals surface area contributed by atoms with Gasteiger partial charge in [0.25, 0.3) is 10.1 Å². The summed E-state index contributed by atoms with van der Waals surface area (Å²) in [6, 6.07) is 0. The number of hydrogen-bond acceptors (Lipinski definition) is 9. The van der Waals surface area contributed by atoms with Crippen LogP contribution < -0.4 is 16.4 Å². The number of amides is 2. The summed E-state index contributed by atoms with van der Waals surface area (Å²) in [5, 5.41) is 4.86. The molecule has 2 amide bonds. The fraction of sp³-hybridized carbons (Fsp3) is 0.882. The normalized spacial score (nSPS) is 11.4. The minimum absolute atomic E-state index is 0.102. The van der Waals surface area contributed by atoms with E-state index < -0.39 is 29.3 Å². The van der Waals surface area contributed by atoms with Gasteiger partial charge in [-0.05, 0) is 12.8 Å². The molecule has 0 heterocycles. The van der Waals surface area contributed by atoms with Gasteiger partial charge in [-0.3, -0.25) is 14.1 Å². The van der Waals surface area contributed by atoms with Gasteiger partial charge in [-0.2, -0.15) is 8.42 Å². The average molecular weight is 594 g/mol. The fourth-order valence-corrected chi connectivity index (χ4v) is 3.19. The highest BCUT2D eigenvalue weighted by molar-refractivity contribution is 8.13. The third kappa shape index (κ3) is 79.3. The van der Waals surface area contributed by atoms with Crippen LogP contribution in [-0.2, 0) is 38.9 Å². The molecule has 0 bridgehead atoms. The van der Waals surface area contributed by atoms with Crippen LogP contribution in [0.5, 0.6) is 0 Å². The number of rotatable bonds is 11. The van der Waals surface area contributed by atoms with Crippen molar-refractivity contribution in [1.82, 2.24) is 10.6 Å². The molecule has 0 aromatic heterocycles. The molecule has 0 unspecified atom stereocenters. The van der Waals surface area contributed by atoms with Crippen molar-refractivity contribution in [3.63, 3.8) is 0 Å². The minimum Gasteiger partial charge on any atom is -0.748 e. The maximum Gasteiger partial charge on any atom is 0.264 e. The van der Waals surface area contributed by atoms with E-state index in [1.807, 2.05) is 0 Å². The lowest BCUT2D eigenvalue weighted by Crippen LogP contribution is -2.50. The summed E-state index contributed by atoms with van der Waals surface area (Å²) in [5.74, 6) is -1.07. The van der Waals surface area contributed by atoms with Crippen LogP contribution in [-0.4, -0.2) is 116 Å². The lowest BCUT2D eigenvalue weighted by Gasteiger charge is -2.14. The molecular weight excluding hydrogens is 552 g/mol. The molecule has 0 rings (SSSR count). The third-order valence-electron chi connectivity index (χ3n) is 2.54. The van der Waals surface area contributed by atoms with E-state index in [0.717, 1.165) is 4.48 Å². The second kappa shape index (κ2) is 21.0. The number of halogens is 1. The number of nitrogens with zero attached hydrogens (tertiary/aromatic N) is 1. The average Bonchev–Trinajstić information content (AvgIpc) is 2.58. The van der Waals surface area contributed by atoms with Crippen molar-refractivity contribution < 1.29 is 54.2 Å². The van der Waals surface area contributed by atoms with Gasteiger partial charge in [0, 0.05) is 49.8 Å². The zero-order chi connectivity index (χ0) is 28.9. The minimum atomic E-state index is -3.98. The maximum absolute atomic E-state index is 10.3. The van der Waals surface area contributed by atoms with Crippen LogP contribution in [0.2, 0.25) is 0 Å². The molecule has 35 heavy (non-hydrogen) atoms. The van der Waals surface area contributed by atoms with E-state index in [0.29, 0.717) is 25.9 Å². The van der Waals surface area contributed by atoms with Crippen LogP contribution in [0.3, 0.4) is 0 Å². The number of nitrogens with one attached hydrogen (secondary N) is 2. The molecule has 0 aliphatic carbocycles. The van der Waals surface area contributed by atoms with Gasteiger partial charge in [0.2, 0.25) is 20.9 Å². The Morgan fingerprint density at radius 3 is 1.37 bits per heavy atom.